The Hall–Kier alpha value is -1.86. The third-order valence-corrected chi connectivity index (χ3v) is 4.19. The molecule has 0 amide bonds. The quantitative estimate of drug-likeness (QED) is 0.175. The fraction of sp³-hybridized carbons (Fsp3) is 0.222. The molecule has 0 saturated carbocycles. The summed E-state index contributed by atoms with van der Waals surface area (Å²) in [5.74, 6) is 2.01. The number of aryl methyl sites for hydroxylation is 2. The number of imidazole rings is 2. The van der Waals surface area contributed by atoms with Crippen molar-refractivity contribution in [3.05, 3.63) is 48.0 Å². The summed E-state index contributed by atoms with van der Waals surface area (Å²) in [6.45, 7) is 0. The number of H-pyrrole nitrogens is 2. The van der Waals surface area contributed by atoms with Gasteiger partial charge in [-0.25, -0.2) is 9.97 Å². The lowest BCUT2D eigenvalue weighted by atomic mass is 10.2. The number of nitrogens with one attached hydrogen (secondary N) is 2. The van der Waals surface area contributed by atoms with E-state index in [-0.39, 0.29) is 49.6 Å². The highest BCUT2D eigenvalue weighted by atomic mass is 35.5. The van der Waals surface area contributed by atoms with Gasteiger partial charge in [-0.05, 0) is 49.2 Å². The van der Waals surface area contributed by atoms with Crippen molar-refractivity contribution in [1.82, 2.24) is 19.9 Å². The predicted octanol–water partition coefficient (Wildman–Crippen LogP) is -8.82. The molecule has 0 spiro atoms. The summed E-state index contributed by atoms with van der Waals surface area (Å²) in [6.07, 6.45) is 3.94. The summed E-state index contributed by atoms with van der Waals surface area (Å²) in [4.78, 5) is 15.9. The Bertz CT molecular complexity index is 932. The van der Waals surface area contributed by atoms with Crippen LogP contribution in [0, 0.1) is 0 Å². The van der Waals surface area contributed by atoms with Gasteiger partial charge < -0.3 is 71.1 Å². The van der Waals surface area contributed by atoms with E-state index in [1.54, 1.807) is 0 Å². The molecule has 0 atom stereocenters. The zero-order valence-corrected chi connectivity index (χ0v) is 17.9. The molecule has 0 aliphatic carbocycles. The van der Waals surface area contributed by atoms with Gasteiger partial charge in [0.1, 0.15) is 11.6 Å². The van der Waals surface area contributed by atoms with Crippen molar-refractivity contribution in [3.8, 4) is 0 Å². The normalized spacial score (nSPS) is 9.86. The standard InChI is InChI=1S/C18H20N6.4ClH/c19-11-5-7-13-15(9-11)23-17(21-13)3-1-2-4-18-22-14-8-6-12(20)10-16(14)24-18;;;;/h5-10H,1-4,19-20H2,(H,21,23)(H,22,24);4*1H/p-4. The van der Waals surface area contributed by atoms with E-state index in [2.05, 4.69) is 19.9 Å². The van der Waals surface area contributed by atoms with Gasteiger partial charge in [-0.1, -0.05) is 0 Å². The summed E-state index contributed by atoms with van der Waals surface area (Å²) in [5, 5.41) is 0. The van der Waals surface area contributed by atoms with Gasteiger partial charge in [-0.3, -0.25) is 0 Å². The van der Waals surface area contributed by atoms with Crippen LogP contribution >= 0.6 is 0 Å². The molecule has 4 rings (SSSR count). The van der Waals surface area contributed by atoms with Gasteiger partial charge >= 0.3 is 0 Å². The fourth-order valence-corrected chi connectivity index (χ4v) is 2.98. The van der Waals surface area contributed by atoms with Gasteiger partial charge in [0.2, 0.25) is 0 Å². The average Bonchev–Trinajstić information content (AvgIpc) is 3.13. The zero-order chi connectivity index (χ0) is 16.5. The Labute approximate surface area is 187 Å². The Morgan fingerprint density at radius 1 is 0.643 bits per heavy atom. The SMILES string of the molecule is Nc1ccc2nc(CCCCc3nc4ccc(N)cc4[nH]3)[nH]c2c1.[Cl-].[Cl-].[Cl-].[Cl-]. The summed E-state index contributed by atoms with van der Waals surface area (Å²) >= 11 is 0. The number of hydrogen-bond acceptors (Lipinski definition) is 4. The number of unbranched alkanes of at least 4 members (excludes halogenated alkanes) is 1. The molecule has 2 heterocycles. The molecule has 0 aliphatic rings. The lowest BCUT2D eigenvalue weighted by Crippen LogP contribution is -3.00. The number of benzene rings is 2. The van der Waals surface area contributed by atoms with Crippen LogP contribution in [0.25, 0.3) is 22.1 Å². The van der Waals surface area contributed by atoms with Crippen molar-refractivity contribution in [2.24, 2.45) is 0 Å². The van der Waals surface area contributed by atoms with E-state index in [0.717, 1.165) is 70.8 Å². The molecular weight excluding hydrogens is 442 g/mol. The zero-order valence-electron chi connectivity index (χ0n) is 14.9. The molecule has 0 radical (unpaired) electrons. The van der Waals surface area contributed by atoms with Gasteiger partial charge in [-0.15, -0.1) is 0 Å². The summed E-state index contributed by atoms with van der Waals surface area (Å²) in [7, 11) is 0. The van der Waals surface area contributed by atoms with E-state index < -0.39 is 0 Å². The molecular formula is C18H20Cl4N6-4. The first-order valence-electron chi connectivity index (χ1n) is 8.15. The maximum Gasteiger partial charge on any atom is 0.107 e. The van der Waals surface area contributed by atoms with Gasteiger partial charge in [0, 0.05) is 24.2 Å². The number of halogens is 4. The number of nitrogens with two attached hydrogens (primary N) is 2. The molecule has 0 fully saturated rings. The smallest absolute Gasteiger partial charge is 0.107 e. The van der Waals surface area contributed by atoms with Crippen molar-refractivity contribution >= 4 is 33.4 Å². The molecule has 0 unspecified atom stereocenters. The van der Waals surface area contributed by atoms with Gasteiger partial charge in [0.15, 0.2) is 0 Å². The molecule has 2 aromatic heterocycles. The van der Waals surface area contributed by atoms with E-state index in [1.807, 2.05) is 36.4 Å². The van der Waals surface area contributed by atoms with Crippen LogP contribution in [0.2, 0.25) is 0 Å². The van der Waals surface area contributed by atoms with Crippen LogP contribution in [0.15, 0.2) is 36.4 Å². The van der Waals surface area contributed by atoms with Crippen molar-refractivity contribution in [1.29, 1.82) is 0 Å². The van der Waals surface area contributed by atoms with Gasteiger partial charge in [0.05, 0.1) is 22.1 Å². The minimum atomic E-state index is 0. The van der Waals surface area contributed by atoms with Crippen molar-refractivity contribution < 1.29 is 49.6 Å². The highest BCUT2D eigenvalue weighted by Crippen LogP contribution is 2.18. The first-order valence-corrected chi connectivity index (χ1v) is 8.15. The molecule has 0 saturated heterocycles. The molecule has 6 nitrogen and oxygen atoms in total. The lowest BCUT2D eigenvalue weighted by Gasteiger charge is -1.97. The largest absolute Gasteiger partial charge is 1.00 e. The maximum absolute atomic E-state index is 5.79. The first kappa shape index (κ1) is 26.1. The second kappa shape index (κ2) is 11.2. The molecule has 10 heteroatoms. The minimum absolute atomic E-state index is 0. The molecule has 0 bridgehead atoms. The molecule has 154 valence electrons. The van der Waals surface area contributed by atoms with Crippen LogP contribution in [0.4, 0.5) is 11.4 Å². The fourth-order valence-electron chi connectivity index (χ4n) is 2.98. The number of aromatic amines is 2. The Balaban J connectivity index is 0.00000182. The molecule has 0 aliphatic heterocycles. The van der Waals surface area contributed by atoms with Crippen molar-refractivity contribution in [2.75, 3.05) is 11.5 Å². The summed E-state index contributed by atoms with van der Waals surface area (Å²) < 4.78 is 0. The number of fused-ring (bicyclic) bond motifs is 2. The number of aromatic nitrogens is 4. The van der Waals surface area contributed by atoms with Crippen LogP contribution in [-0.2, 0) is 12.8 Å². The predicted molar refractivity (Wildman–Crippen MR) is 97.7 cm³/mol. The molecule has 4 aromatic rings. The number of nitrogen functional groups attached to an aromatic ring is 2. The summed E-state index contributed by atoms with van der Waals surface area (Å²) in [5.41, 5.74) is 17.0. The highest BCUT2D eigenvalue weighted by molar-refractivity contribution is 5.79. The Morgan fingerprint density at radius 2 is 1.04 bits per heavy atom. The van der Waals surface area contributed by atoms with Crippen LogP contribution in [0.3, 0.4) is 0 Å². The van der Waals surface area contributed by atoms with Gasteiger partial charge in [-0.2, -0.15) is 0 Å². The number of hydrogen-bond donors (Lipinski definition) is 4. The van der Waals surface area contributed by atoms with Crippen molar-refractivity contribution in [3.63, 3.8) is 0 Å². The lowest BCUT2D eigenvalue weighted by molar-refractivity contribution is -0.00100. The topological polar surface area (TPSA) is 109 Å². The minimum Gasteiger partial charge on any atom is -1.00 e. The van der Waals surface area contributed by atoms with Crippen LogP contribution in [0.5, 0.6) is 0 Å². The third kappa shape index (κ3) is 5.82. The van der Waals surface area contributed by atoms with Crippen LogP contribution in [-0.4, -0.2) is 19.9 Å². The monoisotopic (exact) mass is 460 g/mol. The first-order chi connectivity index (χ1) is 11.7. The van der Waals surface area contributed by atoms with Crippen molar-refractivity contribution in [2.45, 2.75) is 25.7 Å². The molecule has 2 aromatic carbocycles. The second-order valence-electron chi connectivity index (χ2n) is 6.13. The van der Waals surface area contributed by atoms with E-state index in [1.165, 1.54) is 0 Å². The van der Waals surface area contributed by atoms with E-state index >= 15 is 0 Å². The Morgan fingerprint density at radius 3 is 1.43 bits per heavy atom. The third-order valence-electron chi connectivity index (χ3n) is 4.19. The Kier molecular flexibility index (Phi) is 10.5. The van der Waals surface area contributed by atoms with Gasteiger partial charge in [0.25, 0.3) is 0 Å². The molecule has 6 N–H and O–H groups in total. The van der Waals surface area contributed by atoms with E-state index in [9.17, 15) is 0 Å². The van der Waals surface area contributed by atoms with E-state index in [4.69, 9.17) is 11.5 Å². The number of nitrogens with zero attached hydrogens (tertiary/aromatic N) is 2. The van der Waals surface area contributed by atoms with E-state index in [0.29, 0.717) is 0 Å². The highest BCUT2D eigenvalue weighted by Gasteiger charge is 2.05. The second-order valence-corrected chi connectivity index (χ2v) is 6.13. The number of anilines is 2. The average molecular weight is 462 g/mol. The maximum atomic E-state index is 5.79. The van der Waals surface area contributed by atoms with Crippen LogP contribution < -0.4 is 61.1 Å². The molecule has 28 heavy (non-hydrogen) atoms. The summed E-state index contributed by atoms with van der Waals surface area (Å²) in [6, 6.07) is 11.5. The van der Waals surface area contributed by atoms with Crippen LogP contribution in [0.1, 0.15) is 24.5 Å². The number of rotatable bonds is 5.